The Balaban J connectivity index is -0.0000000331. The van der Waals surface area contributed by atoms with Gasteiger partial charge in [-0.2, -0.15) is 0 Å². The van der Waals surface area contributed by atoms with Crippen LogP contribution in [0.1, 0.15) is 52.9 Å². The molecule has 0 fully saturated rings. The zero-order valence-corrected chi connectivity index (χ0v) is 29.3. The molecule has 0 saturated carbocycles. The second-order valence-electron chi connectivity index (χ2n) is 6.53. The van der Waals surface area contributed by atoms with E-state index in [0.29, 0.717) is 27.7 Å². The van der Waals surface area contributed by atoms with Crippen molar-refractivity contribution in [3.63, 3.8) is 0 Å². The molecule has 0 bridgehead atoms. The van der Waals surface area contributed by atoms with Gasteiger partial charge in [0.2, 0.25) is 0 Å². The van der Waals surface area contributed by atoms with Gasteiger partial charge in [0, 0.05) is 16.5 Å². The molecule has 0 amide bonds. The molecule has 0 heterocycles. The number of nitrogens with zero attached hydrogens (tertiary/aromatic N) is 6. The molecule has 0 spiro atoms. The molecular weight excluding hydrogens is 729 g/mol. The van der Waals surface area contributed by atoms with Gasteiger partial charge in [0.1, 0.15) is 0 Å². The number of hydrogen-bond donors (Lipinski definition) is 1. The van der Waals surface area contributed by atoms with Crippen LogP contribution in [0, 0.1) is 66.6 Å². The monoisotopic (exact) mass is 768 g/mol. The predicted molar refractivity (Wildman–Crippen MR) is 162 cm³/mol. The molecule has 2 atom stereocenters. The van der Waals surface area contributed by atoms with Gasteiger partial charge in [-0.3, -0.25) is 0 Å². The fourth-order valence-corrected chi connectivity index (χ4v) is 3.73. The maximum atomic E-state index is 10.2. The molecule has 0 aromatic heterocycles. The summed E-state index contributed by atoms with van der Waals surface area (Å²) in [5.74, 6) is 0.546. The van der Waals surface area contributed by atoms with Crippen LogP contribution in [0.5, 0.6) is 0 Å². The summed E-state index contributed by atoms with van der Waals surface area (Å²) in [7, 11) is 1.28. The van der Waals surface area contributed by atoms with Crippen molar-refractivity contribution in [3.8, 4) is 0 Å². The topological polar surface area (TPSA) is 335 Å². The van der Waals surface area contributed by atoms with Gasteiger partial charge in [-0.15, -0.1) is 32.0 Å². The van der Waals surface area contributed by atoms with Crippen LogP contribution in [-0.2, 0) is 38.3 Å². The van der Waals surface area contributed by atoms with E-state index in [1.807, 2.05) is 0 Å². The molecule has 0 aliphatic carbocycles. The van der Waals surface area contributed by atoms with Gasteiger partial charge in [0.15, 0.2) is 0 Å². The summed E-state index contributed by atoms with van der Waals surface area (Å²) in [5, 5.41) is 64.2. The molecule has 0 saturated heterocycles. The van der Waals surface area contributed by atoms with Crippen molar-refractivity contribution in [2.75, 3.05) is 37.5 Å². The minimum Gasteiger partial charge on any atom is -0.444 e. The summed E-state index contributed by atoms with van der Waals surface area (Å²) in [6, 6.07) is 0. The van der Waals surface area contributed by atoms with Gasteiger partial charge in [-0.05, 0) is 21.8 Å². The van der Waals surface area contributed by atoms with E-state index in [1.165, 1.54) is 12.8 Å². The Morgan fingerprint density at radius 2 is 0.821 bits per heavy atom. The van der Waals surface area contributed by atoms with Crippen molar-refractivity contribution >= 4 is 44.8 Å². The van der Waals surface area contributed by atoms with Crippen LogP contribution in [0.15, 0.2) is 32.0 Å². The average molecular weight is 770 g/mol. The first kappa shape index (κ1) is 66.0. The second kappa shape index (κ2) is 76.6. The zero-order valence-electron chi connectivity index (χ0n) is 23.4. The molecule has 39 heavy (non-hydrogen) atoms. The van der Waals surface area contributed by atoms with E-state index in [0.717, 1.165) is 74.3 Å². The third-order valence-electron chi connectivity index (χ3n) is 2.49. The fourth-order valence-electron chi connectivity index (χ4n) is 1.76. The van der Waals surface area contributed by atoms with Crippen LogP contribution < -0.4 is 0 Å². The van der Waals surface area contributed by atoms with Crippen molar-refractivity contribution in [2.24, 2.45) is 38.0 Å². The van der Waals surface area contributed by atoms with E-state index in [9.17, 15) is 5.11 Å². The molecule has 0 aliphatic heterocycles. The van der Waals surface area contributed by atoms with Gasteiger partial charge in [-0.1, -0.05) is 0 Å². The van der Waals surface area contributed by atoms with Crippen molar-refractivity contribution in [3.05, 3.63) is 60.7 Å². The fraction of sp³-hybridized carbons (Fsp3) is 1.00. The quantitative estimate of drug-likeness (QED) is 0.169. The van der Waals surface area contributed by atoms with Gasteiger partial charge in [-0.25, -0.2) is 0 Å². The van der Waals surface area contributed by atoms with Crippen LogP contribution in [0.25, 0.3) is 0 Å². The van der Waals surface area contributed by atoms with Crippen LogP contribution in [0.4, 0.5) is 0 Å². The molecule has 19 nitrogen and oxygen atoms in total. The maximum absolute atomic E-state index is 10.2. The molecule has 0 aromatic carbocycles. The summed E-state index contributed by atoms with van der Waals surface area (Å²) >= 11 is 0.989. The van der Waals surface area contributed by atoms with Crippen LogP contribution in [0.3, 0.4) is 0 Å². The first-order valence-electron chi connectivity index (χ1n) is 9.73. The molecule has 0 aliphatic rings. The first-order valence-corrected chi connectivity index (χ1v) is 16.3. The largest absolute Gasteiger partial charge is 0.444 e. The number of aliphatic hydroxyl groups is 1. The minimum absolute atomic E-state index is 0. The van der Waals surface area contributed by atoms with Crippen molar-refractivity contribution in [1.82, 2.24) is 0 Å². The van der Waals surface area contributed by atoms with Gasteiger partial charge in [0.05, 0.1) is 37.5 Å². The van der Waals surface area contributed by atoms with Crippen molar-refractivity contribution in [2.45, 2.75) is 56.4 Å². The molecule has 23 heteroatoms. The molecular formula is C16H41N6NiO13S2Sb-4. The summed E-state index contributed by atoms with van der Waals surface area (Å²) in [4.78, 5) is 48.0. The molecule has 0 radical (unpaired) electrons. The second-order valence-corrected chi connectivity index (χ2v) is 14.3. The van der Waals surface area contributed by atoms with Crippen molar-refractivity contribution < 1.29 is 21.6 Å². The van der Waals surface area contributed by atoms with Crippen LogP contribution in [-0.4, -0.2) is 69.2 Å². The normalized spacial score (nSPS) is 9.46. The van der Waals surface area contributed by atoms with E-state index >= 15 is 0 Å². The van der Waals surface area contributed by atoms with E-state index in [-0.39, 0.29) is 20.0 Å². The standard InChI is InChI=1S/C10H21O.2C3H9S.6HNO2.Ni.Sb.2H/c1-4-7-9(6-3)10(11)8-5-2;2*1-4(2)3;6*2-1-3;;;;/h9,11H,4-8H2,1-3H3;2*1-3H3;6*(H,2,3);;;;/q;2*+1;;;;;;;;;;/p-6. The van der Waals surface area contributed by atoms with Crippen molar-refractivity contribution in [1.29, 1.82) is 0 Å². The molecule has 1 N–H and O–H groups in total. The first-order chi connectivity index (χ1) is 17.5. The molecule has 0 rings (SSSR count). The Bertz CT molecular complexity index is 397. The summed E-state index contributed by atoms with van der Waals surface area (Å²) in [6.45, 7) is 6.54. The Kier molecular flexibility index (Phi) is 130. The van der Waals surface area contributed by atoms with E-state index in [4.69, 9.17) is 60.7 Å². The predicted octanol–water partition coefficient (Wildman–Crippen LogP) is 4.42. The summed E-state index contributed by atoms with van der Waals surface area (Å²) in [5.41, 5.74) is 0. The average Bonchev–Trinajstić information content (AvgIpc) is 2.74. The number of hydrogen-bond acceptors (Lipinski definition) is 19. The Hall–Kier alpha value is -1.63. The third-order valence-corrected chi connectivity index (χ3v) is 4.66. The Morgan fingerprint density at radius 3 is 0.923 bits per heavy atom. The van der Waals surface area contributed by atoms with Gasteiger partial charge < -0.3 is 60.7 Å². The van der Waals surface area contributed by atoms with Crippen LogP contribution in [0.2, 0.25) is 0 Å². The number of rotatable bonds is 6. The zero-order chi connectivity index (χ0) is 33.0. The molecule has 244 valence electrons. The van der Waals surface area contributed by atoms with Gasteiger partial charge in [0.25, 0.3) is 0 Å². The molecule has 2 unspecified atom stereocenters. The van der Waals surface area contributed by atoms with E-state index in [2.05, 4.69) is 58.3 Å². The Labute approximate surface area is 258 Å². The summed E-state index contributed by atoms with van der Waals surface area (Å²) in [6.07, 6.45) is 18.8. The third kappa shape index (κ3) is 240. The minimum atomic E-state index is -0.301. The van der Waals surface area contributed by atoms with Gasteiger partial charge >= 0.3 is 90.5 Å². The van der Waals surface area contributed by atoms with Crippen LogP contribution >= 0.6 is 0 Å². The molecule has 0 aromatic rings. The maximum Gasteiger partial charge on any atom is 0.0969 e. The van der Waals surface area contributed by atoms with E-state index in [1.54, 1.807) is 0 Å². The van der Waals surface area contributed by atoms with E-state index < -0.39 is 0 Å². The smallest absolute Gasteiger partial charge is 0.0969 e. The summed E-state index contributed by atoms with van der Waals surface area (Å²) < 4.78 is -0.301. The SMILES string of the molecule is CCCC(CC)[C](O)([SbH2])CCC.C[S+](C)C.C[S+](C)C.O=N[O-].O=N[O-].O=N[O-].O=N[O-].O=N[O-].O=N[O-].[Ni]. The Morgan fingerprint density at radius 1 is 0.641 bits per heavy atom.